The van der Waals surface area contributed by atoms with Crippen molar-refractivity contribution in [2.75, 3.05) is 13.6 Å². The van der Waals surface area contributed by atoms with Gasteiger partial charge < -0.3 is 15.1 Å². The molecule has 3 nitrogen and oxygen atoms in total. The molecule has 104 valence electrons. The summed E-state index contributed by atoms with van der Waals surface area (Å²) in [6, 6.07) is 11.1. The Hall–Kier alpha value is -1.71. The van der Waals surface area contributed by atoms with E-state index in [1.165, 1.54) is 0 Å². The van der Waals surface area contributed by atoms with Gasteiger partial charge >= 0.3 is 0 Å². The molecule has 3 rings (SSSR count). The van der Waals surface area contributed by atoms with Crippen molar-refractivity contribution in [3.63, 3.8) is 0 Å². The Bertz CT molecular complexity index is 640. The van der Waals surface area contributed by atoms with Gasteiger partial charge in [-0.1, -0.05) is 23.7 Å². The number of phenols is 2. The van der Waals surface area contributed by atoms with Crippen LogP contribution in [0.15, 0.2) is 36.4 Å². The van der Waals surface area contributed by atoms with Gasteiger partial charge in [0.05, 0.1) is 0 Å². The average Bonchev–Trinajstić information content (AvgIpc) is 2.41. The molecule has 1 unspecified atom stereocenters. The first-order chi connectivity index (χ1) is 9.54. The first kappa shape index (κ1) is 13.3. The van der Waals surface area contributed by atoms with Gasteiger partial charge in [0.2, 0.25) is 0 Å². The predicted molar refractivity (Wildman–Crippen MR) is 79.4 cm³/mol. The molecule has 0 saturated heterocycles. The Morgan fingerprint density at radius 3 is 2.45 bits per heavy atom. The lowest BCUT2D eigenvalue weighted by Crippen LogP contribution is -2.30. The third-order valence-electron chi connectivity index (χ3n) is 3.82. The summed E-state index contributed by atoms with van der Waals surface area (Å²) in [5.74, 6) is 0.0497. The number of halogens is 1. The molecule has 1 aliphatic heterocycles. The van der Waals surface area contributed by atoms with Gasteiger partial charge in [0, 0.05) is 24.0 Å². The average molecular weight is 290 g/mol. The molecule has 0 radical (unpaired) electrons. The Morgan fingerprint density at radius 2 is 1.75 bits per heavy atom. The predicted octanol–water partition coefficient (Wildman–Crippen LogP) is 3.33. The van der Waals surface area contributed by atoms with E-state index in [0.29, 0.717) is 5.02 Å². The number of rotatable bonds is 1. The molecule has 0 aromatic heterocycles. The van der Waals surface area contributed by atoms with Crippen LogP contribution in [0.5, 0.6) is 11.5 Å². The van der Waals surface area contributed by atoms with E-state index in [1.54, 1.807) is 12.1 Å². The summed E-state index contributed by atoms with van der Waals surface area (Å²) in [5, 5.41) is 20.1. The molecule has 1 aliphatic rings. The van der Waals surface area contributed by atoms with E-state index in [9.17, 15) is 10.2 Å². The third-order valence-corrected chi connectivity index (χ3v) is 4.07. The number of benzene rings is 2. The zero-order valence-electron chi connectivity index (χ0n) is 11.2. The minimum absolute atomic E-state index is 0.0612. The summed E-state index contributed by atoms with van der Waals surface area (Å²) in [4.78, 5) is 2.21. The number of fused-ring (bicyclic) bond motifs is 1. The van der Waals surface area contributed by atoms with Crippen LogP contribution >= 0.6 is 11.6 Å². The van der Waals surface area contributed by atoms with Crippen LogP contribution in [-0.4, -0.2) is 28.7 Å². The fourth-order valence-corrected chi connectivity index (χ4v) is 2.97. The maximum absolute atomic E-state index is 9.77. The number of aromatic hydroxyl groups is 2. The van der Waals surface area contributed by atoms with Gasteiger partial charge in [-0.3, -0.25) is 0 Å². The summed E-state index contributed by atoms with van der Waals surface area (Å²) in [7, 11) is 2.05. The van der Waals surface area contributed by atoms with Gasteiger partial charge in [-0.25, -0.2) is 0 Å². The molecule has 2 aromatic rings. The summed E-state index contributed by atoms with van der Waals surface area (Å²) >= 11 is 5.94. The largest absolute Gasteiger partial charge is 0.504 e. The number of hydrogen-bond donors (Lipinski definition) is 2. The van der Waals surface area contributed by atoms with Crippen molar-refractivity contribution in [2.24, 2.45) is 0 Å². The number of nitrogens with zero attached hydrogens (tertiary/aromatic N) is 1. The maximum Gasteiger partial charge on any atom is 0.157 e. The second kappa shape index (κ2) is 5.00. The normalized spacial score (nSPS) is 18.8. The lowest BCUT2D eigenvalue weighted by atomic mass is 9.84. The SMILES string of the molecule is CN1Cc2cc(O)c(O)cc2C(c2ccc(Cl)cc2)C1. The summed E-state index contributed by atoms with van der Waals surface area (Å²) in [6.45, 7) is 1.64. The molecule has 0 bridgehead atoms. The Kier molecular flexibility index (Phi) is 3.32. The smallest absolute Gasteiger partial charge is 0.157 e. The first-order valence-electron chi connectivity index (χ1n) is 6.53. The molecule has 0 fully saturated rings. The second-order valence-corrected chi connectivity index (χ2v) is 5.78. The van der Waals surface area contributed by atoms with Crippen LogP contribution in [-0.2, 0) is 6.54 Å². The first-order valence-corrected chi connectivity index (χ1v) is 6.91. The van der Waals surface area contributed by atoms with Crippen LogP contribution in [0.3, 0.4) is 0 Å². The minimum Gasteiger partial charge on any atom is -0.504 e. The Labute approximate surface area is 123 Å². The van der Waals surface area contributed by atoms with Crippen LogP contribution in [0.4, 0.5) is 0 Å². The van der Waals surface area contributed by atoms with E-state index in [2.05, 4.69) is 11.9 Å². The Balaban J connectivity index is 2.09. The second-order valence-electron chi connectivity index (χ2n) is 5.34. The summed E-state index contributed by atoms with van der Waals surface area (Å²) < 4.78 is 0. The molecule has 4 heteroatoms. The number of likely N-dealkylation sites (N-methyl/N-ethyl adjacent to an activating group) is 1. The zero-order chi connectivity index (χ0) is 14.3. The Morgan fingerprint density at radius 1 is 1.10 bits per heavy atom. The van der Waals surface area contributed by atoms with E-state index >= 15 is 0 Å². The number of phenolic OH excluding ortho intramolecular Hbond substituents is 2. The highest BCUT2D eigenvalue weighted by Gasteiger charge is 2.26. The van der Waals surface area contributed by atoms with Gasteiger partial charge in [0.25, 0.3) is 0 Å². The highest BCUT2D eigenvalue weighted by atomic mass is 35.5. The van der Waals surface area contributed by atoms with E-state index < -0.39 is 0 Å². The highest BCUT2D eigenvalue weighted by molar-refractivity contribution is 6.30. The van der Waals surface area contributed by atoms with Crippen molar-refractivity contribution < 1.29 is 10.2 Å². The molecule has 0 amide bonds. The lowest BCUT2D eigenvalue weighted by molar-refractivity contribution is 0.293. The maximum atomic E-state index is 9.77. The molecule has 2 N–H and O–H groups in total. The monoisotopic (exact) mass is 289 g/mol. The molecule has 0 aliphatic carbocycles. The molecule has 20 heavy (non-hydrogen) atoms. The quantitative estimate of drug-likeness (QED) is 0.792. The molecule has 0 saturated carbocycles. The molecular weight excluding hydrogens is 274 g/mol. The minimum atomic E-state index is -0.0627. The van der Waals surface area contributed by atoms with E-state index in [0.717, 1.165) is 29.8 Å². The zero-order valence-corrected chi connectivity index (χ0v) is 11.9. The third kappa shape index (κ3) is 2.35. The molecule has 1 atom stereocenters. The van der Waals surface area contributed by atoms with E-state index in [-0.39, 0.29) is 17.4 Å². The fraction of sp³-hybridized carbons (Fsp3) is 0.250. The van der Waals surface area contributed by atoms with Crippen molar-refractivity contribution in [1.29, 1.82) is 0 Å². The van der Waals surface area contributed by atoms with Crippen molar-refractivity contribution in [3.8, 4) is 11.5 Å². The van der Waals surface area contributed by atoms with Gasteiger partial charge in [-0.05, 0) is 48.0 Å². The summed E-state index contributed by atoms with van der Waals surface area (Å²) in [6.07, 6.45) is 0. The van der Waals surface area contributed by atoms with Crippen LogP contribution < -0.4 is 0 Å². The van der Waals surface area contributed by atoms with Crippen molar-refractivity contribution in [1.82, 2.24) is 4.90 Å². The molecule has 2 aromatic carbocycles. The van der Waals surface area contributed by atoms with Crippen LogP contribution in [0.25, 0.3) is 0 Å². The van der Waals surface area contributed by atoms with Gasteiger partial charge in [-0.15, -0.1) is 0 Å². The van der Waals surface area contributed by atoms with Gasteiger partial charge in [0.15, 0.2) is 11.5 Å². The van der Waals surface area contributed by atoms with Crippen molar-refractivity contribution >= 4 is 11.6 Å². The fourth-order valence-electron chi connectivity index (χ4n) is 2.84. The summed E-state index contributed by atoms with van der Waals surface area (Å²) in [5.41, 5.74) is 3.28. The van der Waals surface area contributed by atoms with E-state index in [1.807, 2.05) is 24.3 Å². The standard InChI is InChI=1S/C16H16ClNO2/c1-18-8-11-6-15(19)16(20)7-13(11)14(9-18)10-2-4-12(17)5-3-10/h2-7,14,19-20H,8-9H2,1H3. The molecular formula is C16H16ClNO2. The van der Waals surface area contributed by atoms with Gasteiger partial charge in [0.1, 0.15) is 0 Å². The topological polar surface area (TPSA) is 43.7 Å². The van der Waals surface area contributed by atoms with Crippen molar-refractivity contribution in [3.05, 3.63) is 58.1 Å². The van der Waals surface area contributed by atoms with E-state index in [4.69, 9.17) is 11.6 Å². The van der Waals surface area contributed by atoms with Crippen molar-refractivity contribution in [2.45, 2.75) is 12.5 Å². The highest BCUT2D eigenvalue weighted by Crippen LogP contribution is 2.38. The number of hydrogen-bond acceptors (Lipinski definition) is 3. The molecule has 1 heterocycles. The molecule has 0 spiro atoms. The van der Waals surface area contributed by atoms with Gasteiger partial charge in [-0.2, -0.15) is 0 Å². The van der Waals surface area contributed by atoms with Crippen LogP contribution in [0, 0.1) is 0 Å². The van der Waals surface area contributed by atoms with Crippen LogP contribution in [0.2, 0.25) is 5.02 Å². The lowest BCUT2D eigenvalue weighted by Gasteiger charge is -2.32. The van der Waals surface area contributed by atoms with Crippen LogP contribution in [0.1, 0.15) is 22.6 Å².